The summed E-state index contributed by atoms with van der Waals surface area (Å²) in [6.45, 7) is 0.519. The van der Waals surface area contributed by atoms with Gasteiger partial charge in [0.1, 0.15) is 0 Å². The molecule has 0 aromatic carbocycles. The fourth-order valence-corrected chi connectivity index (χ4v) is 0.900. The molecule has 3 nitrogen and oxygen atoms in total. The zero-order valence-corrected chi connectivity index (χ0v) is 4.79. The Morgan fingerprint density at radius 1 is 2.00 bits per heavy atom. The fraction of sp³-hybridized carbons (Fsp3) is 0.667. The molecule has 0 atom stereocenters. The Hall–Kier alpha value is -0.220. The molecular weight excluding hydrogens is 112 g/mol. The highest BCUT2D eigenvalue weighted by Crippen LogP contribution is 2.06. The second-order valence-corrected chi connectivity index (χ2v) is 2.41. The molecule has 0 saturated carbocycles. The SMILES string of the molecule is CN1CC(=O)NS1. The Kier molecular flexibility index (Phi) is 1.21. The van der Waals surface area contributed by atoms with Crippen molar-refractivity contribution in [1.29, 1.82) is 0 Å². The van der Waals surface area contributed by atoms with Crippen molar-refractivity contribution >= 4 is 18.0 Å². The molecule has 0 spiro atoms. The molecule has 0 aromatic heterocycles. The van der Waals surface area contributed by atoms with Gasteiger partial charge < -0.3 is 0 Å². The predicted molar refractivity (Wildman–Crippen MR) is 28.4 cm³/mol. The van der Waals surface area contributed by atoms with Crippen molar-refractivity contribution in [2.75, 3.05) is 13.6 Å². The smallest absolute Gasteiger partial charge is 0.245 e. The molecule has 4 heteroatoms. The van der Waals surface area contributed by atoms with Crippen LogP contribution in [0.3, 0.4) is 0 Å². The van der Waals surface area contributed by atoms with E-state index in [0.717, 1.165) is 0 Å². The van der Waals surface area contributed by atoms with Crippen molar-refractivity contribution in [1.82, 2.24) is 9.03 Å². The summed E-state index contributed by atoms with van der Waals surface area (Å²) in [6, 6.07) is 0. The highest BCUT2D eigenvalue weighted by atomic mass is 32.2. The lowest BCUT2D eigenvalue weighted by atomic mass is 10.6. The lowest BCUT2D eigenvalue weighted by Crippen LogP contribution is -2.12. The Morgan fingerprint density at radius 2 is 2.71 bits per heavy atom. The van der Waals surface area contributed by atoms with E-state index in [1.165, 1.54) is 12.1 Å². The molecule has 1 rings (SSSR count). The number of carbonyl (C=O) groups excluding carboxylic acids is 1. The molecule has 1 amide bonds. The van der Waals surface area contributed by atoms with Crippen LogP contribution in [-0.2, 0) is 4.79 Å². The molecule has 0 bridgehead atoms. The number of nitrogens with one attached hydrogen (secondary N) is 1. The van der Waals surface area contributed by atoms with E-state index in [0.29, 0.717) is 6.54 Å². The first-order valence-corrected chi connectivity index (χ1v) is 2.73. The quantitative estimate of drug-likeness (QED) is 0.440. The molecule has 1 aliphatic rings. The van der Waals surface area contributed by atoms with Crippen LogP contribution in [0.15, 0.2) is 0 Å². The van der Waals surface area contributed by atoms with Crippen LogP contribution in [0.2, 0.25) is 0 Å². The average Bonchev–Trinajstić information content (AvgIpc) is 1.87. The highest BCUT2D eigenvalue weighted by molar-refractivity contribution is 7.96. The van der Waals surface area contributed by atoms with E-state index in [1.807, 2.05) is 11.4 Å². The second-order valence-electron chi connectivity index (χ2n) is 1.40. The molecule has 1 fully saturated rings. The fourth-order valence-electron chi connectivity index (χ4n) is 0.396. The third-order valence-electron chi connectivity index (χ3n) is 0.682. The van der Waals surface area contributed by atoms with E-state index in [1.54, 1.807) is 0 Å². The van der Waals surface area contributed by atoms with Gasteiger partial charge in [0.2, 0.25) is 5.91 Å². The molecule has 1 saturated heterocycles. The maximum Gasteiger partial charge on any atom is 0.245 e. The minimum Gasteiger partial charge on any atom is -0.286 e. The van der Waals surface area contributed by atoms with Gasteiger partial charge in [-0.15, -0.1) is 0 Å². The standard InChI is InChI=1S/C3H6N2OS/c1-5-2-3(6)4-7-5/h2H2,1H3,(H,4,6). The molecule has 0 unspecified atom stereocenters. The van der Waals surface area contributed by atoms with E-state index in [4.69, 9.17) is 0 Å². The normalized spacial score (nSPS) is 22.7. The largest absolute Gasteiger partial charge is 0.286 e. The first kappa shape index (κ1) is 4.93. The van der Waals surface area contributed by atoms with E-state index in [2.05, 4.69) is 4.72 Å². The minimum absolute atomic E-state index is 0.0903. The number of amides is 1. The monoisotopic (exact) mass is 118 g/mol. The molecule has 1 aliphatic heterocycles. The van der Waals surface area contributed by atoms with Crippen LogP contribution in [0.1, 0.15) is 0 Å². The van der Waals surface area contributed by atoms with Gasteiger partial charge in [-0.25, -0.2) is 4.31 Å². The van der Waals surface area contributed by atoms with Gasteiger partial charge in [-0.2, -0.15) is 0 Å². The number of likely N-dealkylation sites (N-methyl/N-ethyl adjacent to an activating group) is 1. The van der Waals surface area contributed by atoms with E-state index in [9.17, 15) is 4.79 Å². The molecule has 1 heterocycles. The molecule has 40 valence electrons. The summed E-state index contributed by atoms with van der Waals surface area (Å²) in [5.41, 5.74) is 0. The summed E-state index contributed by atoms with van der Waals surface area (Å²) in [4.78, 5) is 10.3. The summed E-state index contributed by atoms with van der Waals surface area (Å²) in [5.74, 6) is 0.0903. The third-order valence-corrected chi connectivity index (χ3v) is 1.44. The van der Waals surface area contributed by atoms with Crippen molar-refractivity contribution in [3.63, 3.8) is 0 Å². The lowest BCUT2D eigenvalue weighted by molar-refractivity contribution is -0.118. The minimum atomic E-state index is 0.0903. The molecule has 1 N–H and O–H groups in total. The third kappa shape index (κ3) is 1.07. The van der Waals surface area contributed by atoms with Gasteiger partial charge in [-0.1, -0.05) is 0 Å². The summed E-state index contributed by atoms with van der Waals surface area (Å²) >= 11 is 1.34. The molecule has 0 radical (unpaired) electrons. The van der Waals surface area contributed by atoms with Crippen molar-refractivity contribution < 1.29 is 4.79 Å². The van der Waals surface area contributed by atoms with Gasteiger partial charge in [0.05, 0.1) is 6.54 Å². The Morgan fingerprint density at radius 3 is 2.86 bits per heavy atom. The summed E-state index contributed by atoms with van der Waals surface area (Å²) in [5, 5.41) is 0. The maximum atomic E-state index is 10.3. The van der Waals surface area contributed by atoms with Gasteiger partial charge in [0.15, 0.2) is 0 Å². The number of carbonyl (C=O) groups is 1. The molecule has 0 aliphatic carbocycles. The average molecular weight is 118 g/mol. The Balaban J connectivity index is 2.40. The first-order chi connectivity index (χ1) is 3.29. The highest BCUT2D eigenvalue weighted by Gasteiger charge is 2.14. The van der Waals surface area contributed by atoms with Crippen LogP contribution in [0.4, 0.5) is 0 Å². The summed E-state index contributed by atoms with van der Waals surface area (Å²) in [6.07, 6.45) is 0. The van der Waals surface area contributed by atoms with Crippen LogP contribution in [-0.4, -0.2) is 23.8 Å². The van der Waals surface area contributed by atoms with E-state index in [-0.39, 0.29) is 5.91 Å². The number of nitrogens with zero attached hydrogens (tertiary/aromatic N) is 1. The van der Waals surface area contributed by atoms with E-state index < -0.39 is 0 Å². The van der Waals surface area contributed by atoms with Gasteiger partial charge >= 0.3 is 0 Å². The Labute approximate surface area is 46.3 Å². The zero-order valence-electron chi connectivity index (χ0n) is 3.97. The lowest BCUT2D eigenvalue weighted by Gasteiger charge is -1.95. The van der Waals surface area contributed by atoms with Gasteiger partial charge in [0.25, 0.3) is 0 Å². The summed E-state index contributed by atoms with van der Waals surface area (Å²) in [7, 11) is 1.86. The number of hydrogen-bond acceptors (Lipinski definition) is 3. The van der Waals surface area contributed by atoms with Crippen molar-refractivity contribution in [3.8, 4) is 0 Å². The summed E-state index contributed by atoms with van der Waals surface area (Å²) < 4.78 is 4.41. The molecule has 0 aromatic rings. The van der Waals surface area contributed by atoms with E-state index >= 15 is 0 Å². The van der Waals surface area contributed by atoms with Gasteiger partial charge in [0, 0.05) is 12.1 Å². The molecular formula is C3H6N2OS. The van der Waals surface area contributed by atoms with Gasteiger partial charge in [-0.05, 0) is 7.05 Å². The van der Waals surface area contributed by atoms with Crippen LogP contribution < -0.4 is 4.72 Å². The maximum absolute atomic E-state index is 10.3. The topological polar surface area (TPSA) is 32.3 Å². The van der Waals surface area contributed by atoms with Crippen LogP contribution >= 0.6 is 12.1 Å². The van der Waals surface area contributed by atoms with Crippen LogP contribution in [0.25, 0.3) is 0 Å². The zero-order chi connectivity index (χ0) is 5.28. The van der Waals surface area contributed by atoms with Crippen LogP contribution in [0, 0.1) is 0 Å². The second kappa shape index (κ2) is 1.71. The van der Waals surface area contributed by atoms with Crippen LogP contribution in [0.5, 0.6) is 0 Å². The number of hydrogen-bond donors (Lipinski definition) is 1. The van der Waals surface area contributed by atoms with Crippen molar-refractivity contribution in [3.05, 3.63) is 0 Å². The van der Waals surface area contributed by atoms with Gasteiger partial charge in [-0.3, -0.25) is 9.52 Å². The first-order valence-electron chi connectivity index (χ1n) is 1.96. The van der Waals surface area contributed by atoms with Crippen molar-refractivity contribution in [2.24, 2.45) is 0 Å². The molecule has 7 heavy (non-hydrogen) atoms. The van der Waals surface area contributed by atoms with Crippen molar-refractivity contribution in [2.45, 2.75) is 0 Å². The predicted octanol–water partition coefficient (Wildman–Crippen LogP) is -0.389. The Bertz CT molecular complexity index is 94.9. The number of rotatable bonds is 0.